The summed E-state index contributed by atoms with van der Waals surface area (Å²) in [4.78, 5) is 17.0. The summed E-state index contributed by atoms with van der Waals surface area (Å²) in [5.41, 5.74) is 6.07. The molecule has 2 amide bonds. The van der Waals surface area contributed by atoms with Crippen molar-refractivity contribution >= 4 is 51.9 Å². The van der Waals surface area contributed by atoms with E-state index < -0.39 is 6.36 Å². The molecule has 0 spiro atoms. The second-order valence-electron chi connectivity index (χ2n) is 9.11. The number of ether oxygens (including phenoxy) is 1. The van der Waals surface area contributed by atoms with E-state index in [1.54, 1.807) is 29.2 Å². The Morgan fingerprint density at radius 3 is 2.44 bits per heavy atom. The highest BCUT2D eigenvalue weighted by Gasteiger charge is 2.31. The summed E-state index contributed by atoms with van der Waals surface area (Å²) in [6.45, 7) is 4.10. The first kappa shape index (κ1) is 28.0. The zero-order valence-electron chi connectivity index (χ0n) is 22.2. The zero-order valence-corrected chi connectivity index (χ0v) is 23.0. The van der Waals surface area contributed by atoms with Crippen LogP contribution in [0, 0.1) is 0 Å². The molecule has 210 valence electrons. The van der Waals surface area contributed by atoms with Crippen LogP contribution in [0.5, 0.6) is 5.75 Å². The number of nitrogens with zero attached hydrogens (tertiary/aromatic N) is 3. The molecule has 5 rings (SSSR count). The van der Waals surface area contributed by atoms with Crippen molar-refractivity contribution in [2.24, 2.45) is 4.40 Å². The first-order valence-electron chi connectivity index (χ1n) is 12.9. The van der Waals surface area contributed by atoms with Gasteiger partial charge in [-0.2, -0.15) is 0 Å². The van der Waals surface area contributed by atoms with Gasteiger partial charge in [0, 0.05) is 23.0 Å². The number of benzene rings is 4. The van der Waals surface area contributed by atoms with Crippen molar-refractivity contribution in [1.82, 2.24) is 14.3 Å². The molecule has 0 aliphatic rings. The summed E-state index contributed by atoms with van der Waals surface area (Å²) in [7, 11) is 0. The van der Waals surface area contributed by atoms with Gasteiger partial charge in [-0.05, 0) is 71.3 Å². The molecule has 0 atom stereocenters. The molecule has 4 aromatic carbocycles. The van der Waals surface area contributed by atoms with Crippen LogP contribution in [0.4, 0.5) is 23.7 Å². The molecule has 0 bridgehead atoms. The van der Waals surface area contributed by atoms with Crippen molar-refractivity contribution in [2.75, 3.05) is 5.32 Å². The van der Waals surface area contributed by atoms with Crippen LogP contribution < -0.4 is 14.8 Å². The molecule has 0 saturated carbocycles. The average molecular weight is 578 g/mol. The number of imidazole rings is 1. The predicted octanol–water partition coefficient (Wildman–Crippen LogP) is 8.01. The Bertz CT molecular complexity index is 1710. The third-order valence-corrected chi connectivity index (χ3v) is 7.02. The van der Waals surface area contributed by atoms with Crippen molar-refractivity contribution in [1.29, 1.82) is 0 Å². The van der Waals surface area contributed by atoms with Gasteiger partial charge in [0.05, 0.1) is 23.2 Å². The molecule has 1 aromatic heterocycles. The van der Waals surface area contributed by atoms with Gasteiger partial charge in [-0.25, -0.2) is 14.2 Å². The maximum atomic E-state index is 12.5. The van der Waals surface area contributed by atoms with E-state index in [2.05, 4.69) is 38.0 Å². The fourth-order valence-corrected chi connectivity index (χ4v) is 4.98. The highest BCUT2D eigenvalue weighted by Crippen LogP contribution is 2.29. The van der Waals surface area contributed by atoms with Gasteiger partial charge in [0.25, 0.3) is 0 Å². The lowest BCUT2D eigenvalue weighted by Crippen LogP contribution is -2.23. The third kappa shape index (κ3) is 6.46. The van der Waals surface area contributed by atoms with E-state index in [1.165, 1.54) is 12.1 Å². The van der Waals surface area contributed by atoms with Crippen molar-refractivity contribution in [3.8, 4) is 11.4 Å². The minimum atomic E-state index is -4.74. The van der Waals surface area contributed by atoms with Crippen LogP contribution in [0.3, 0.4) is 0 Å². The number of urea groups is 1. The normalized spacial score (nSPS) is 11.8. The van der Waals surface area contributed by atoms with E-state index in [0.717, 1.165) is 69.2 Å². The van der Waals surface area contributed by atoms with Crippen LogP contribution in [-0.4, -0.2) is 28.2 Å². The highest BCUT2D eigenvalue weighted by atomic mass is 32.2. The molecule has 1 heterocycles. The molecule has 41 heavy (non-hydrogen) atoms. The lowest BCUT2D eigenvalue weighted by atomic mass is 10.0. The number of hydrogen-bond donors (Lipinski definition) is 2. The van der Waals surface area contributed by atoms with Crippen LogP contribution in [0.25, 0.3) is 27.5 Å². The van der Waals surface area contributed by atoms with E-state index in [9.17, 15) is 18.0 Å². The molecular formula is C30H26F3N5O2S. The van der Waals surface area contributed by atoms with Gasteiger partial charge in [-0.3, -0.25) is 9.29 Å². The summed E-state index contributed by atoms with van der Waals surface area (Å²) >= 11 is 0.936. The van der Waals surface area contributed by atoms with Gasteiger partial charge in [-0.15, -0.1) is 13.2 Å². The van der Waals surface area contributed by atoms with Crippen LogP contribution in [0.15, 0.2) is 83.5 Å². The molecule has 7 nitrogen and oxygen atoms in total. The molecule has 0 saturated heterocycles. The zero-order chi connectivity index (χ0) is 29.0. The Morgan fingerprint density at radius 2 is 1.76 bits per heavy atom. The quantitative estimate of drug-likeness (QED) is 0.145. The number of rotatable bonds is 8. The average Bonchev–Trinajstić information content (AvgIpc) is 3.39. The van der Waals surface area contributed by atoms with Crippen LogP contribution in [-0.2, 0) is 12.8 Å². The molecule has 0 fully saturated rings. The molecule has 0 radical (unpaired) electrons. The number of hydrogen-bond acceptors (Lipinski definition) is 5. The van der Waals surface area contributed by atoms with E-state index in [4.69, 9.17) is 0 Å². The molecule has 5 aromatic rings. The maximum absolute atomic E-state index is 12.5. The van der Waals surface area contributed by atoms with Crippen LogP contribution >= 0.6 is 12.1 Å². The standard InChI is InChI=1S/C30H26F3N5O2S/c1-3-20-6-5-7-21(4-2)27(20)36-29(39)37-41-35-17-19-8-14-25-22(16-19)9-15-26-28(25)34-18-38(26)23-10-12-24(13-11-23)40-30(31,32)33/h5-18H,3-4H2,1-2H3,(H2,36,37,39). The SMILES string of the molecule is CCc1cccc(CC)c1NC(=O)NSN=Cc1ccc2c(ccc3c2ncn3-c2ccc(OC(F)(F)F)cc2)c1. The molecular weight excluding hydrogens is 551 g/mol. The number of fused-ring (bicyclic) bond motifs is 3. The number of aromatic nitrogens is 2. The van der Waals surface area contributed by atoms with Gasteiger partial charge >= 0.3 is 12.4 Å². The Labute approximate surface area is 238 Å². The minimum Gasteiger partial charge on any atom is -0.406 e. The van der Waals surface area contributed by atoms with E-state index in [-0.39, 0.29) is 11.8 Å². The number of carbonyl (C=O) groups excluding carboxylic acids is 1. The van der Waals surface area contributed by atoms with Gasteiger partial charge in [0.2, 0.25) is 0 Å². The van der Waals surface area contributed by atoms with E-state index >= 15 is 0 Å². The first-order chi connectivity index (χ1) is 19.8. The number of alkyl halides is 3. The largest absolute Gasteiger partial charge is 0.573 e. The van der Waals surface area contributed by atoms with Crippen molar-refractivity contribution in [3.05, 3.63) is 95.8 Å². The van der Waals surface area contributed by atoms with E-state index in [1.807, 2.05) is 48.5 Å². The van der Waals surface area contributed by atoms with Crippen molar-refractivity contribution in [3.63, 3.8) is 0 Å². The van der Waals surface area contributed by atoms with Crippen molar-refractivity contribution in [2.45, 2.75) is 33.1 Å². The Morgan fingerprint density at radius 1 is 1.02 bits per heavy atom. The predicted molar refractivity (Wildman–Crippen MR) is 158 cm³/mol. The summed E-state index contributed by atoms with van der Waals surface area (Å²) in [6.07, 6.45) is 0.188. The summed E-state index contributed by atoms with van der Waals surface area (Å²) in [5, 5.41) is 4.80. The third-order valence-electron chi connectivity index (χ3n) is 6.53. The van der Waals surface area contributed by atoms with Gasteiger partial charge in [0.15, 0.2) is 0 Å². The number of anilines is 1. The Kier molecular flexibility index (Phi) is 8.16. The summed E-state index contributed by atoms with van der Waals surface area (Å²) in [6, 6.07) is 21.0. The van der Waals surface area contributed by atoms with Crippen LogP contribution in [0.1, 0.15) is 30.5 Å². The number of aryl methyl sites for hydroxylation is 2. The first-order valence-corrected chi connectivity index (χ1v) is 13.7. The lowest BCUT2D eigenvalue weighted by Gasteiger charge is -2.14. The highest BCUT2D eigenvalue weighted by molar-refractivity contribution is 7.96. The Hall–Kier alpha value is -4.51. The monoisotopic (exact) mass is 577 g/mol. The fraction of sp³-hybridized carbons (Fsp3) is 0.167. The van der Waals surface area contributed by atoms with E-state index in [0.29, 0.717) is 5.69 Å². The summed E-state index contributed by atoms with van der Waals surface area (Å²) in [5.74, 6) is -0.285. The molecule has 0 aliphatic carbocycles. The maximum Gasteiger partial charge on any atom is 0.573 e. The van der Waals surface area contributed by atoms with Gasteiger partial charge in [-0.1, -0.05) is 50.2 Å². The Balaban J connectivity index is 1.26. The molecule has 0 aliphatic heterocycles. The van der Waals surface area contributed by atoms with Crippen LogP contribution in [0.2, 0.25) is 0 Å². The smallest absolute Gasteiger partial charge is 0.406 e. The minimum absolute atomic E-state index is 0.285. The number of nitrogens with one attached hydrogen (secondary N) is 2. The number of para-hydroxylation sites is 1. The number of carbonyl (C=O) groups is 1. The second kappa shape index (κ2) is 11.9. The van der Waals surface area contributed by atoms with Gasteiger partial charge < -0.3 is 10.1 Å². The molecule has 0 unspecified atom stereocenters. The lowest BCUT2D eigenvalue weighted by molar-refractivity contribution is -0.274. The second-order valence-corrected chi connectivity index (χ2v) is 9.71. The van der Waals surface area contributed by atoms with Crippen molar-refractivity contribution < 1.29 is 22.7 Å². The fourth-order valence-electron chi connectivity index (χ4n) is 4.62. The van der Waals surface area contributed by atoms with Gasteiger partial charge in [0.1, 0.15) is 12.1 Å². The molecule has 2 N–H and O–H groups in total. The number of halogens is 3. The topological polar surface area (TPSA) is 80.5 Å². The molecule has 11 heteroatoms. The summed E-state index contributed by atoms with van der Waals surface area (Å²) < 4.78 is 50.1. The number of amides is 2.